The van der Waals surface area contributed by atoms with Gasteiger partial charge in [0.15, 0.2) is 0 Å². The molecule has 0 saturated carbocycles. The molecular formula is C10H12BrClO. The second kappa shape index (κ2) is 4.87. The fourth-order valence-electron chi connectivity index (χ4n) is 0.852. The molecule has 0 aliphatic carbocycles. The average Bonchev–Trinajstić information content (AvgIpc) is 2.07. The van der Waals surface area contributed by atoms with E-state index in [2.05, 4.69) is 29.8 Å². The van der Waals surface area contributed by atoms with Crippen LogP contribution in [-0.4, -0.2) is 6.61 Å². The van der Waals surface area contributed by atoms with E-state index in [4.69, 9.17) is 16.3 Å². The van der Waals surface area contributed by atoms with Gasteiger partial charge in [0.25, 0.3) is 0 Å². The van der Waals surface area contributed by atoms with Gasteiger partial charge in [-0.2, -0.15) is 0 Å². The Kier molecular flexibility index (Phi) is 4.07. The fourth-order valence-corrected chi connectivity index (χ4v) is 1.40. The van der Waals surface area contributed by atoms with E-state index in [1.54, 1.807) is 0 Å². The minimum atomic E-state index is 0.519. The summed E-state index contributed by atoms with van der Waals surface area (Å²) in [5.74, 6) is 1.33. The van der Waals surface area contributed by atoms with Gasteiger partial charge in [0, 0.05) is 0 Å². The molecule has 1 aromatic carbocycles. The molecule has 0 saturated heterocycles. The van der Waals surface area contributed by atoms with Crippen molar-refractivity contribution in [1.29, 1.82) is 0 Å². The molecule has 0 bridgehead atoms. The van der Waals surface area contributed by atoms with Crippen molar-refractivity contribution in [3.8, 4) is 5.75 Å². The van der Waals surface area contributed by atoms with Crippen LogP contribution >= 0.6 is 27.5 Å². The van der Waals surface area contributed by atoms with E-state index in [0.29, 0.717) is 17.5 Å². The lowest BCUT2D eigenvalue weighted by Crippen LogP contribution is -2.04. The third-order valence-corrected chi connectivity index (χ3v) is 2.85. The smallest absolute Gasteiger partial charge is 0.134 e. The summed E-state index contributed by atoms with van der Waals surface area (Å²) in [5.41, 5.74) is 0. The van der Waals surface area contributed by atoms with Crippen LogP contribution in [0.15, 0.2) is 22.7 Å². The van der Waals surface area contributed by atoms with Gasteiger partial charge >= 0.3 is 0 Å². The second-order valence-corrected chi connectivity index (χ2v) is 4.46. The highest BCUT2D eigenvalue weighted by Gasteiger charge is 2.04. The van der Waals surface area contributed by atoms with Crippen LogP contribution in [0.1, 0.15) is 13.8 Å². The predicted molar refractivity (Wildman–Crippen MR) is 59.5 cm³/mol. The number of hydrogen-bond donors (Lipinski definition) is 0. The van der Waals surface area contributed by atoms with E-state index >= 15 is 0 Å². The quantitative estimate of drug-likeness (QED) is 0.796. The van der Waals surface area contributed by atoms with Crippen molar-refractivity contribution in [2.75, 3.05) is 6.61 Å². The van der Waals surface area contributed by atoms with Crippen molar-refractivity contribution in [1.82, 2.24) is 0 Å². The van der Waals surface area contributed by atoms with Crippen molar-refractivity contribution in [2.24, 2.45) is 5.92 Å². The molecule has 1 nitrogen and oxygen atoms in total. The SMILES string of the molecule is CC(C)COc1cccc(Cl)c1Br. The van der Waals surface area contributed by atoms with Gasteiger partial charge in [0.1, 0.15) is 5.75 Å². The largest absolute Gasteiger partial charge is 0.492 e. The highest BCUT2D eigenvalue weighted by molar-refractivity contribution is 9.10. The Morgan fingerprint density at radius 1 is 1.46 bits per heavy atom. The Bertz CT molecular complexity index is 286. The minimum Gasteiger partial charge on any atom is -0.492 e. The van der Waals surface area contributed by atoms with Crippen LogP contribution in [0.2, 0.25) is 5.02 Å². The fraction of sp³-hybridized carbons (Fsp3) is 0.400. The molecule has 0 heterocycles. The normalized spacial score (nSPS) is 10.5. The minimum absolute atomic E-state index is 0.519. The van der Waals surface area contributed by atoms with Gasteiger partial charge in [-0.25, -0.2) is 0 Å². The molecule has 1 rings (SSSR count). The van der Waals surface area contributed by atoms with Gasteiger partial charge < -0.3 is 4.74 Å². The molecule has 0 amide bonds. The Labute approximate surface area is 92.2 Å². The van der Waals surface area contributed by atoms with E-state index in [0.717, 1.165) is 10.2 Å². The summed E-state index contributed by atoms with van der Waals surface area (Å²) < 4.78 is 6.38. The average molecular weight is 264 g/mol. The van der Waals surface area contributed by atoms with Gasteiger partial charge in [0.2, 0.25) is 0 Å². The van der Waals surface area contributed by atoms with Gasteiger partial charge in [-0.15, -0.1) is 0 Å². The highest BCUT2D eigenvalue weighted by atomic mass is 79.9. The Morgan fingerprint density at radius 3 is 2.77 bits per heavy atom. The van der Waals surface area contributed by atoms with Gasteiger partial charge in [-0.05, 0) is 34.0 Å². The first-order chi connectivity index (χ1) is 6.11. The molecule has 3 heteroatoms. The molecule has 0 radical (unpaired) electrons. The molecule has 13 heavy (non-hydrogen) atoms. The topological polar surface area (TPSA) is 9.23 Å². The zero-order valence-corrected chi connectivity index (χ0v) is 10.0. The molecule has 0 aromatic heterocycles. The van der Waals surface area contributed by atoms with E-state index in [-0.39, 0.29) is 0 Å². The monoisotopic (exact) mass is 262 g/mol. The van der Waals surface area contributed by atoms with Crippen LogP contribution in [0, 0.1) is 5.92 Å². The highest BCUT2D eigenvalue weighted by Crippen LogP contribution is 2.31. The third-order valence-electron chi connectivity index (χ3n) is 1.49. The zero-order valence-electron chi connectivity index (χ0n) is 7.68. The molecular weight excluding hydrogens is 251 g/mol. The van der Waals surface area contributed by atoms with Crippen molar-refractivity contribution < 1.29 is 4.74 Å². The van der Waals surface area contributed by atoms with E-state index in [9.17, 15) is 0 Å². The molecule has 0 unspecified atom stereocenters. The van der Waals surface area contributed by atoms with Crippen molar-refractivity contribution >= 4 is 27.5 Å². The summed E-state index contributed by atoms with van der Waals surface area (Å²) in [5, 5.41) is 0.682. The zero-order chi connectivity index (χ0) is 9.84. The molecule has 0 aliphatic rings. The van der Waals surface area contributed by atoms with Crippen LogP contribution in [0.3, 0.4) is 0 Å². The number of hydrogen-bond acceptors (Lipinski definition) is 1. The molecule has 1 aromatic rings. The maximum Gasteiger partial charge on any atom is 0.134 e. The molecule has 0 aliphatic heterocycles. The molecule has 72 valence electrons. The molecule has 0 atom stereocenters. The first kappa shape index (κ1) is 10.9. The van der Waals surface area contributed by atoms with Gasteiger partial charge in [-0.1, -0.05) is 31.5 Å². The lowest BCUT2D eigenvalue weighted by atomic mass is 10.2. The standard InChI is InChI=1S/C10H12BrClO/c1-7(2)6-13-9-5-3-4-8(12)10(9)11/h3-5,7H,6H2,1-2H3. The summed E-state index contributed by atoms with van der Waals surface area (Å²) in [4.78, 5) is 0. The Balaban J connectivity index is 2.71. The first-order valence-corrected chi connectivity index (χ1v) is 5.35. The van der Waals surface area contributed by atoms with Crippen molar-refractivity contribution in [2.45, 2.75) is 13.8 Å². The maximum atomic E-state index is 5.90. The van der Waals surface area contributed by atoms with Crippen molar-refractivity contribution in [3.63, 3.8) is 0 Å². The van der Waals surface area contributed by atoms with Crippen LogP contribution in [0.4, 0.5) is 0 Å². The number of benzene rings is 1. The van der Waals surface area contributed by atoms with Gasteiger partial charge in [-0.3, -0.25) is 0 Å². The Hall–Kier alpha value is -0.210. The number of halogens is 2. The second-order valence-electron chi connectivity index (χ2n) is 3.26. The summed E-state index contributed by atoms with van der Waals surface area (Å²) in [6.07, 6.45) is 0. The summed E-state index contributed by atoms with van der Waals surface area (Å²) in [7, 11) is 0. The van der Waals surface area contributed by atoms with Gasteiger partial charge in [0.05, 0.1) is 16.1 Å². The lowest BCUT2D eigenvalue weighted by Gasteiger charge is -2.10. The van der Waals surface area contributed by atoms with E-state index < -0.39 is 0 Å². The van der Waals surface area contributed by atoms with Crippen LogP contribution in [0.5, 0.6) is 5.75 Å². The van der Waals surface area contributed by atoms with Crippen LogP contribution in [0.25, 0.3) is 0 Å². The van der Waals surface area contributed by atoms with Crippen LogP contribution in [-0.2, 0) is 0 Å². The van der Waals surface area contributed by atoms with E-state index in [1.165, 1.54) is 0 Å². The Morgan fingerprint density at radius 2 is 2.15 bits per heavy atom. The molecule has 0 fully saturated rings. The summed E-state index contributed by atoms with van der Waals surface area (Å²) >= 11 is 9.28. The first-order valence-electron chi connectivity index (χ1n) is 4.18. The lowest BCUT2D eigenvalue weighted by molar-refractivity contribution is 0.269. The van der Waals surface area contributed by atoms with Crippen LogP contribution < -0.4 is 4.74 Å². The predicted octanol–water partition coefficient (Wildman–Crippen LogP) is 4.14. The maximum absolute atomic E-state index is 5.90. The number of ether oxygens (including phenoxy) is 1. The summed E-state index contributed by atoms with van der Waals surface area (Å²) in [6, 6.07) is 5.61. The van der Waals surface area contributed by atoms with Crippen molar-refractivity contribution in [3.05, 3.63) is 27.7 Å². The molecule has 0 spiro atoms. The summed E-state index contributed by atoms with van der Waals surface area (Å²) in [6.45, 7) is 4.93. The molecule has 0 N–H and O–H groups in total. The van der Waals surface area contributed by atoms with E-state index in [1.807, 2.05) is 18.2 Å². The third kappa shape index (κ3) is 3.20. The number of rotatable bonds is 3.